The van der Waals surface area contributed by atoms with Gasteiger partial charge in [0, 0.05) is 4.47 Å². The van der Waals surface area contributed by atoms with Crippen molar-refractivity contribution in [2.75, 3.05) is 0 Å². The first-order valence-electron chi connectivity index (χ1n) is 3.74. The molecule has 0 unspecified atom stereocenters. The summed E-state index contributed by atoms with van der Waals surface area (Å²) in [6.07, 6.45) is 1.37. The third-order valence-corrected chi connectivity index (χ3v) is 1.93. The van der Waals surface area contributed by atoms with Gasteiger partial charge in [-0.15, -0.1) is 9.95 Å². The Morgan fingerprint density at radius 2 is 1.93 bits per heavy atom. The highest BCUT2D eigenvalue weighted by atomic mass is 79.9. The molecule has 5 nitrogen and oxygen atoms in total. The first-order chi connectivity index (χ1) is 6.59. The van der Waals surface area contributed by atoms with Crippen LogP contribution in [0.25, 0.3) is 0 Å². The lowest BCUT2D eigenvalue weighted by Crippen LogP contribution is -2.30. The normalized spacial score (nSPS) is 10.4. The van der Waals surface area contributed by atoms with E-state index in [9.17, 15) is 5.21 Å². The zero-order valence-electron chi connectivity index (χ0n) is 7.22. The van der Waals surface area contributed by atoms with E-state index in [1.54, 1.807) is 12.1 Å². The summed E-state index contributed by atoms with van der Waals surface area (Å²) in [5.41, 5.74) is 10.8. The SMILES string of the molecule is NC(N)=[N+]([O-])N=Cc1ccc(Br)cc1. The lowest BCUT2D eigenvalue weighted by molar-refractivity contribution is -0.463. The Balaban J connectivity index is 2.79. The predicted octanol–water partition coefficient (Wildman–Crippen LogP) is 0.567. The molecular formula is C8H9BrN4O. The van der Waals surface area contributed by atoms with Gasteiger partial charge in [-0.1, -0.05) is 28.1 Å². The number of rotatable bonds is 2. The Labute approximate surface area is 89.4 Å². The zero-order chi connectivity index (χ0) is 10.6. The minimum atomic E-state index is -0.390. The van der Waals surface area contributed by atoms with Crippen molar-refractivity contribution in [3.05, 3.63) is 39.5 Å². The van der Waals surface area contributed by atoms with Crippen LogP contribution in [0.3, 0.4) is 0 Å². The second kappa shape index (κ2) is 4.61. The molecule has 0 fully saturated rings. The second-order valence-corrected chi connectivity index (χ2v) is 3.41. The highest BCUT2D eigenvalue weighted by Crippen LogP contribution is 2.08. The van der Waals surface area contributed by atoms with Gasteiger partial charge in [-0.25, -0.2) is 0 Å². The smallest absolute Gasteiger partial charge is 0.366 e. The average Bonchev–Trinajstić information content (AvgIpc) is 2.16. The van der Waals surface area contributed by atoms with Crippen molar-refractivity contribution in [3.63, 3.8) is 0 Å². The molecule has 0 bridgehead atoms. The molecule has 0 aliphatic carbocycles. The van der Waals surface area contributed by atoms with Crippen molar-refractivity contribution in [2.45, 2.75) is 0 Å². The number of halogens is 1. The van der Waals surface area contributed by atoms with E-state index >= 15 is 0 Å². The van der Waals surface area contributed by atoms with E-state index in [1.807, 2.05) is 12.1 Å². The fourth-order valence-electron chi connectivity index (χ4n) is 0.735. The molecule has 74 valence electrons. The second-order valence-electron chi connectivity index (χ2n) is 2.49. The molecule has 0 aliphatic heterocycles. The zero-order valence-corrected chi connectivity index (χ0v) is 8.81. The number of guanidine groups is 1. The average molecular weight is 257 g/mol. The quantitative estimate of drug-likeness (QED) is 0.267. The van der Waals surface area contributed by atoms with Crippen LogP contribution in [0.1, 0.15) is 5.56 Å². The monoisotopic (exact) mass is 256 g/mol. The minimum Gasteiger partial charge on any atom is -0.722 e. The maximum absolute atomic E-state index is 10.8. The molecule has 1 aromatic rings. The third kappa shape index (κ3) is 3.06. The van der Waals surface area contributed by atoms with Crippen LogP contribution in [-0.2, 0) is 0 Å². The summed E-state index contributed by atoms with van der Waals surface area (Å²) in [4.78, 5) is 0.155. The van der Waals surface area contributed by atoms with Crippen molar-refractivity contribution in [3.8, 4) is 0 Å². The molecular weight excluding hydrogens is 248 g/mol. The molecule has 1 rings (SSSR count). The Bertz CT molecular complexity index is 367. The first kappa shape index (κ1) is 10.5. The lowest BCUT2D eigenvalue weighted by atomic mass is 10.2. The summed E-state index contributed by atoms with van der Waals surface area (Å²) in [6.45, 7) is 0. The van der Waals surface area contributed by atoms with Gasteiger partial charge in [0.1, 0.15) is 0 Å². The predicted molar refractivity (Wildman–Crippen MR) is 58.7 cm³/mol. The van der Waals surface area contributed by atoms with E-state index in [1.165, 1.54) is 6.21 Å². The first-order valence-corrected chi connectivity index (χ1v) is 4.53. The van der Waals surface area contributed by atoms with Crippen molar-refractivity contribution < 1.29 is 4.85 Å². The van der Waals surface area contributed by atoms with E-state index < -0.39 is 5.96 Å². The standard InChI is InChI=1S/C8H9BrN4O/c9-7-3-1-6(2-4-7)5-12-13(14)8(10)11/h1-5H,10-11H2. The number of nitrogens with zero attached hydrogens (tertiary/aromatic N) is 2. The van der Waals surface area contributed by atoms with Gasteiger partial charge in [-0.05, 0) is 17.7 Å². The molecule has 0 radical (unpaired) electrons. The van der Waals surface area contributed by atoms with Crippen molar-refractivity contribution in [1.29, 1.82) is 0 Å². The fourth-order valence-corrected chi connectivity index (χ4v) is 0.999. The summed E-state index contributed by atoms with van der Waals surface area (Å²) < 4.78 is 0.957. The fraction of sp³-hybridized carbons (Fsp3) is 0. The summed E-state index contributed by atoms with van der Waals surface area (Å²) in [6, 6.07) is 7.28. The maximum Gasteiger partial charge on any atom is 0.366 e. The molecule has 0 saturated heterocycles. The van der Waals surface area contributed by atoms with Crippen LogP contribution in [-0.4, -0.2) is 17.0 Å². The van der Waals surface area contributed by atoms with Crippen LogP contribution in [0.2, 0.25) is 0 Å². The van der Waals surface area contributed by atoms with Crippen molar-refractivity contribution in [1.82, 2.24) is 0 Å². The molecule has 0 heterocycles. The summed E-state index contributed by atoms with van der Waals surface area (Å²) in [5.74, 6) is -0.390. The molecule has 0 spiro atoms. The molecule has 0 aromatic heterocycles. The van der Waals surface area contributed by atoms with Crippen LogP contribution in [0.5, 0.6) is 0 Å². The number of hydrogen-bond acceptors (Lipinski definition) is 2. The number of nitrogens with two attached hydrogens (primary N) is 2. The molecule has 4 N–H and O–H groups in total. The van der Waals surface area contributed by atoms with Gasteiger partial charge < -0.3 is 5.21 Å². The minimum absolute atomic E-state index is 0.155. The van der Waals surface area contributed by atoms with E-state index in [2.05, 4.69) is 21.0 Å². The van der Waals surface area contributed by atoms with E-state index in [-0.39, 0.29) is 4.85 Å². The Morgan fingerprint density at radius 3 is 2.43 bits per heavy atom. The largest absolute Gasteiger partial charge is 0.722 e. The van der Waals surface area contributed by atoms with Gasteiger partial charge in [-0.3, -0.25) is 11.5 Å². The van der Waals surface area contributed by atoms with Gasteiger partial charge in [0.25, 0.3) is 0 Å². The van der Waals surface area contributed by atoms with Gasteiger partial charge in [0.2, 0.25) is 0 Å². The summed E-state index contributed by atoms with van der Waals surface area (Å²) in [5, 5.41) is 14.3. The number of hydrogen-bond donors (Lipinski definition) is 2. The van der Waals surface area contributed by atoms with Crippen LogP contribution in [0.4, 0.5) is 0 Å². The van der Waals surface area contributed by atoms with Crippen LogP contribution >= 0.6 is 15.9 Å². The Kier molecular flexibility index (Phi) is 3.47. The van der Waals surface area contributed by atoms with Gasteiger partial charge in [0.15, 0.2) is 0 Å². The molecule has 14 heavy (non-hydrogen) atoms. The Morgan fingerprint density at radius 1 is 1.36 bits per heavy atom. The molecule has 0 saturated carbocycles. The van der Waals surface area contributed by atoms with Crippen LogP contribution < -0.4 is 11.5 Å². The number of benzene rings is 1. The topological polar surface area (TPSA) is 90.5 Å². The molecule has 0 aliphatic rings. The third-order valence-electron chi connectivity index (χ3n) is 1.40. The van der Waals surface area contributed by atoms with E-state index in [0.29, 0.717) is 0 Å². The number of hydrazone groups is 1. The Hall–Kier alpha value is -1.56. The highest BCUT2D eigenvalue weighted by Gasteiger charge is 1.90. The molecule has 6 heteroatoms. The van der Waals surface area contributed by atoms with Gasteiger partial charge >= 0.3 is 5.96 Å². The molecule has 1 aromatic carbocycles. The molecule has 0 amide bonds. The lowest BCUT2D eigenvalue weighted by Gasteiger charge is -2.02. The van der Waals surface area contributed by atoms with E-state index in [4.69, 9.17) is 11.5 Å². The van der Waals surface area contributed by atoms with Crippen LogP contribution in [0.15, 0.2) is 33.8 Å². The molecule has 0 atom stereocenters. The summed E-state index contributed by atoms with van der Waals surface area (Å²) in [7, 11) is 0. The summed E-state index contributed by atoms with van der Waals surface area (Å²) >= 11 is 3.29. The maximum atomic E-state index is 10.8. The van der Waals surface area contributed by atoms with Gasteiger partial charge in [0.05, 0.1) is 6.21 Å². The van der Waals surface area contributed by atoms with Crippen molar-refractivity contribution in [2.24, 2.45) is 16.6 Å². The van der Waals surface area contributed by atoms with Crippen LogP contribution in [0, 0.1) is 5.21 Å². The van der Waals surface area contributed by atoms with Gasteiger partial charge in [-0.2, -0.15) is 0 Å². The highest BCUT2D eigenvalue weighted by molar-refractivity contribution is 9.10. The van der Waals surface area contributed by atoms with Crippen molar-refractivity contribution >= 4 is 28.1 Å². The van der Waals surface area contributed by atoms with E-state index in [0.717, 1.165) is 10.0 Å².